The largest absolute Gasteiger partial charge is 0.344 e. The van der Waals surface area contributed by atoms with Crippen LogP contribution in [0.4, 0.5) is 0 Å². The first-order valence-corrected chi connectivity index (χ1v) is 5.04. The van der Waals surface area contributed by atoms with Gasteiger partial charge in [-0.1, -0.05) is 13.5 Å². The second kappa shape index (κ2) is 4.24. The van der Waals surface area contributed by atoms with Crippen molar-refractivity contribution < 1.29 is 14.3 Å². The quantitative estimate of drug-likeness (QED) is 0.649. The topological polar surface area (TPSA) is 35.5 Å². The van der Waals surface area contributed by atoms with E-state index in [9.17, 15) is 4.79 Å². The normalized spacial score (nSPS) is 37.1. The van der Waals surface area contributed by atoms with Crippen LogP contribution in [-0.2, 0) is 14.3 Å². The number of ketones is 1. The SMILES string of the molecule is C=CC(=O)CC1(CC)OC(C)C(C)O1. The fourth-order valence-electron chi connectivity index (χ4n) is 1.61. The van der Waals surface area contributed by atoms with E-state index in [1.807, 2.05) is 20.8 Å². The van der Waals surface area contributed by atoms with Crippen LogP contribution in [-0.4, -0.2) is 23.8 Å². The fourth-order valence-corrected chi connectivity index (χ4v) is 1.61. The van der Waals surface area contributed by atoms with E-state index in [0.29, 0.717) is 6.42 Å². The van der Waals surface area contributed by atoms with E-state index in [4.69, 9.17) is 9.47 Å². The predicted octanol–water partition coefficient (Wildman–Crippen LogP) is 2.06. The number of carbonyl (C=O) groups is 1. The number of rotatable bonds is 4. The summed E-state index contributed by atoms with van der Waals surface area (Å²) in [6, 6.07) is 0. The fraction of sp³-hybridized carbons (Fsp3) is 0.727. The third-order valence-corrected chi connectivity index (χ3v) is 2.67. The Morgan fingerprint density at radius 1 is 1.43 bits per heavy atom. The minimum Gasteiger partial charge on any atom is -0.344 e. The molecule has 0 saturated carbocycles. The van der Waals surface area contributed by atoms with E-state index in [1.165, 1.54) is 6.08 Å². The van der Waals surface area contributed by atoms with Crippen LogP contribution in [0, 0.1) is 0 Å². The van der Waals surface area contributed by atoms with Gasteiger partial charge in [-0.25, -0.2) is 0 Å². The Morgan fingerprint density at radius 3 is 2.29 bits per heavy atom. The monoisotopic (exact) mass is 198 g/mol. The molecule has 0 spiro atoms. The van der Waals surface area contributed by atoms with Crippen LogP contribution in [0.3, 0.4) is 0 Å². The van der Waals surface area contributed by atoms with Gasteiger partial charge in [0.15, 0.2) is 11.6 Å². The van der Waals surface area contributed by atoms with Gasteiger partial charge in [-0.15, -0.1) is 0 Å². The van der Waals surface area contributed by atoms with Gasteiger partial charge in [-0.05, 0) is 26.3 Å². The molecule has 0 aromatic carbocycles. The first kappa shape index (κ1) is 11.4. The lowest BCUT2D eigenvalue weighted by Gasteiger charge is -2.25. The molecule has 3 heteroatoms. The van der Waals surface area contributed by atoms with E-state index in [1.54, 1.807) is 0 Å². The zero-order valence-electron chi connectivity index (χ0n) is 9.08. The first-order chi connectivity index (χ1) is 6.53. The van der Waals surface area contributed by atoms with Crippen molar-refractivity contribution in [3.8, 4) is 0 Å². The molecule has 1 aliphatic rings. The molecule has 1 aliphatic heterocycles. The smallest absolute Gasteiger partial charge is 0.176 e. The van der Waals surface area contributed by atoms with Gasteiger partial charge in [0.05, 0.1) is 18.6 Å². The Hall–Kier alpha value is -0.670. The van der Waals surface area contributed by atoms with Gasteiger partial charge < -0.3 is 9.47 Å². The van der Waals surface area contributed by atoms with Crippen molar-refractivity contribution in [3.05, 3.63) is 12.7 Å². The molecule has 1 saturated heterocycles. The lowest BCUT2D eigenvalue weighted by molar-refractivity contribution is -0.180. The highest BCUT2D eigenvalue weighted by Gasteiger charge is 2.43. The first-order valence-electron chi connectivity index (χ1n) is 5.04. The molecule has 1 rings (SSSR count). The van der Waals surface area contributed by atoms with E-state index < -0.39 is 5.79 Å². The lowest BCUT2D eigenvalue weighted by atomic mass is 10.1. The molecule has 0 aromatic rings. The Labute approximate surface area is 85.1 Å². The van der Waals surface area contributed by atoms with Crippen molar-refractivity contribution in [1.82, 2.24) is 0 Å². The van der Waals surface area contributed by atoms with Crippen LogP contribution in [0.5, 0.6) is 0 Å². The van der Waals surface area contributed by atoms with Crippen molar-refractivity contribution in [1.29, 1.82) is 0 Å². The van der Waals surface area contributed by atoms with Gasteiger partial charge in [-0.2, -0.15) is 0 Å². The molecular weight excluding hydrogens is 180 g/mol. The average Bonchev–Trinajstić information content (AvgIpc) is 2.43. The summed E-state index contributed by atoms with van der Waals surface area (Å²) < 4.78 is 11.4. The molecule has 80 valence electrons. The summed E-state index contributed by atoms with van der Waals surface area (Å²) in [6.45, 7) is 9.32. The molecule has 14 heavy (non-hydrogen) atoms. The minimum absolute atomic E-state index is 0.0341. The van der Waals surface area contributed by atoms with E-state index in [0.717, 1.165) is 0 Å². The molecule has 0 N–H and O–H groups in total. The maximum Gasteiger partial charge on any atom is 0.176 e. The van der Waals surface area contributed by atoms with Crippen molar-refractivity contribution in [2.24, 2.45) is 0 Å². The number of carbonyl (C=O) groups excluding carboxylic acids is 1. The van der Waals surface area contributed by atoms with E-state index in [-0.39, 0.29) is 24.4 Å². The lowest BCUT2D eigenvalue weighted by Crippen LogP contribution is -2.32. The number of ether oxygens (including phenoxy) is 2. The zero-order chi connectivity index (χ0) is 10.8. The average molecular weight is 198 g/mol. The Kier molecular flexibility index (Phi) is 3.45. The molecule has 1 heterocycles. The van der Waals surface area contributed by atoms with Crippen LogP contribution in [0.25, 0.3) is 0 Å². The van der Waals surface area contributed by atoms with Gasteiger partial charge in [0, 0.05) is 0 Å². The molecule has 3 nitrogen and oxygen atoms in total. The second-order valence-electron chi connectivity index (χ2n) is 3.76. The van der Waals surface area contributed by atoms with Gasteiger partial charge in [0.1, 0.15) is 0 Å². The summed E-state index contributed by atoms with van der Waals surface area (Å²) in [5, 5.41) is 0. The van der Waals surface area contributed by atoms with Crippen molar-refractivity contribution in [2.45, 2.75) is 51.6 Å². The standard InChI is InChI=1S/C11H18O3/c1-5-10(12)7-11(6-2)13-8(3)9(4)14-11/h5,8-9H,1,6-7H2,2-4H3. The zero-order valence-corrected chi connectivity index (χ0v) is 9.08. The van der Waals surface area contributed by atoms with Gasteiger partial charge in [0.25, 0.3) is 0 Å². The number of allylic oxidation sites excluding steroid dienone is 1. The van der Waals surface area contributed by atoms with Crippen LogP contribution >= 0.6 is 0 Å². The van der Waals surface area contributed by atoms with Crippen LogP contribution in [0.1, 0.15) is 33.6 Å². The molecule has 0 aliphatic carbocycles. The number of hydrogen-bond acceptors (Lipinski definition) is 3. The summed E-state index contributed by atoms with van der Waals surface area (Å²) in [5.41, 5.74) is 0. The van der Waals surface area contributed by atoms with Crippen LogP contribution in [0.2, 0.25) is 0 Å². The Bertz CT molecular complexity index is 225. The Balaban J connectivity index is 2.69. The van der Waals surface area contributed by atoms with Crippen LogP contribution < -0.4 is 0 Å². The third-order valence-electron chi connectivity index (χ3n) is 2.67. The molecule has 0 aromatic heterocycles. The third kappa shape index (κ3) is 2.22. The molecular formula is C11H18O3. The molecule has 2 atom stereocenters. The number of hydrogen-bond donors (Lipinski definition) is 0. The summed E-state index contributed by atoms with van der Waals surface area (Å²) in [6.07, 6.45) is 2.36. The highest BCUT2D eigenvalue weighted by molar-refractivity contribution is 5.89. The maximum atomic E-state index is 11.3. The van der Waals surface area contributed by atoms with E-state index >= 15 is 0 Å². The van der Waals surface area contributed by atoms with Crippen LogP contribution in [0.15, 0.2) is 12.7 Å². The molecule has 0 radical (unpaired) electrons. The maximum absolute atomic E-state index is 11.3. The van der Waals surface area contributed by atoms with Gasteiger partial charge in [-0.3, -0.25) is 4.79 Å². The molecule has 0 bridgehead atoms. The van der Waals surface area contributed by atoms with Crippen molar-refractivity contribution in [2.75, 3.05) is 0 Å². The molecule has 1 fully saturated rings. The highest BCUT2D eigenvalue weighted by atomic mass is 16.8. The summed E-state index contributed by atoms with van der Waals surface area (Å²) in [5.74, 6) is -0.752. The van der Waals surface area contributed by atoms with Gasteiger partial charge in [0.2, 0.25) is 0 Å². The molecule has 2 unspecified atom stereocenters. The summed E-state index contributed by atoms with van der Waals surface area (Å²) in [7, 11) is 0. The van der Waals surface area contributed by atoms with Gasteiger partial charge >= 0.3 is 0 Å². The second-order valence-corrected chi connectivity index (χ2v) is 3.76. The highest BCUT2D eigenvalue weighted by Crippen LogP contribution is 2.34. The summed E-state index contributed by atoms with van der Waals surface area (Å²) >= 11 is 0. The Morgan fingerprint density at radius 2 is 1.93 bits per heavy atom. The van der Waals surface area contributed by atoms with Crippen molar-refractivity contribution in [3.63, 3.8) is 0 Å². The van der Waals surface area contributed by atoms with Crippen molar-refractivity contribution >= 4 is 5.78 Å². The summed E-state index contributed by atoms with van der Waals surface area (Å²) in [4.78, 5) is 11.3. The molecule has 0 amide bonds. The predicted molar refractivity (Wildman–Crippen MR) is 53.9 cm³/mol. The van der Waals surface area contributed by atoms with E-state index in [2.05, 4.69) is 6.58 Å². The minimum atomic E-state index is -0.718.